The summed E-state index contributed by atoms with van der Waals surface area (Å²) < 4.78 is 7.19. The zero-order valence-corrected chi connectivity index (χ0v) is 13.4. The van der Waals surface area contributed by atoms with Crippen LogP contribution in [0.5, 0.6) is 0 Å². The monoisotopic (exact) mass is 302 g/mol. The van der Waals surface area contributed by atoms with E-state index in [9.17, 15) is 4.79 Å². The van der Waals surface area contributed by atoms with Crippen molar-refractivity contribution in [2.24, 2.45) is 7.05 Å². The van der Waals surface area contributed by atoms with Gasteiger partial charge in [0.1, 0.15) is 11.4 Å². The van der Waals surface area contributed by atoms with Gasteiger partial charge < -0.3 is 14.6 Å². The molecule has 0 bridgehead atoms. The third kappa shape index (κ3) is 4.80. The van der Waals surface area contributed by atoms with Gasteiger partial charge in [0.05, 0.1) is 6.54 Å². The number of carbonyl (C=O) groups excluding carboxylic acids is 1. The summed E-state index contributed by atoms with van der Waals surface area (Å²) in [5.41, 5.74) is 1.06. The van der Waals surface area contributed by atoms with Gasteiger partial charge in [-0.25, -0.2) is 9.78 Å². The molecule has 2 rings (SSSR count). The molecule has 0 spiro atoms. The van der Waals surface area contributed by atoms with E-state index in [1.807, 2.05) is 62.8 Å². The van der Waals surface area contributed by atoms with Gasteiger partial charge in [0.2, 0.25) is 0 Å². The number of hydrogen-bond acceptors (Lipinski definition) is 4. The van der Waals surface area contributed by atoms with Crippen molar-refractivity contribution in [3.8, 4) is 0 Å². The van der Waals surface area contributed by atoms with Crippen LogP contribution in [0.25, 0.3) is 0 Å². The lowest BCUT2D eigenvalue weighted by atomic mass is 10.2. The summed E-state index contributed by atoms with van der Waals surface area (Å²) in [6.07, 6.45) is 3.20. The number of nitrogens with one attached hydrogen (secondary N) is 2. The molecule has 1 aromatic carbocycles. The van der Waals surface area contributed by atoms with E-state index in [2.05, 4.69) is 15.6 Å². The maximum Gasteiger partial charge on any atom is 0.412 e. The second kappa shape index (κ2) is 6.51. The largest absolute Gasteiger partial charge is 0.444 e. The molecule has 1 aromatic heterocycles. The predicted molar refractivity (Wildman–Crippen MR) is 86.8 cm³/mol. The van der Waals surface area contributed by atoms with Crippen LogP contribution in [0.1, 0.15) is 26.6 Å². The van der Waals surface area contributed by atoms with Crippen LogP contribution in [0.15, 0.2) is 36.7 Å². The van der Waals surface area contributed by atoms with Crippen molar-refractivity contribution in [3.63, 3.8) is 0 Å². The topological polar surface area (TPSA) is 68.2 Å². The highest BCUT2D eigenvalue weighted by atomic mass is 16.6. The Kier molecular flexibility index (Phi) is 4.70. The van der Waals surface area contributed by atoms with Crippen LogP contribution in [0.4, 0.5) is 16.2 Å². The number of ether oxygens (including phenoxy) is 1. The van der Waals surface area contributed by atoms with Crippen LogP contribution >= 0.6 is 0 Å². The molecule has 0 unspecified atom stereocenters. The standard InChI is InChI=1S/C16H22N4O2/c1-16(2,3)22-15(21)19-13-7-5-6-12(10-13)18-11-14-17-8-9-20(14)4/h5-10,18H,11H2,1-4H3,(H,19,21). The van der Waals surface area contributed by atoms with E-state index in [0.717, 1.165) is 11.5 Å². The Morgan fingerprint density at radius 2 is 2.05 bits per heavy atom. The molecular weight excluding hydrogens is 280 g/mol. The third-order valence-electron chi connectivity index (χ3n) is 2.88. The number of rotatable bonds is 4. The van der Waals surface area contributed by atoms with Crippen molar-refractivity contribution < 1.29 is 9.53 Å². The minimum Gasteiger partial charge on any atom is -0.444 e. The van der Waals surface area contributed by atoms with Gasteiger partial charge in [0.25, 0.3) is 0 Å². The van der Waals surface area contributed by atoms with E-state index in [1.54, 1.807) is 6.20 Å². The molecule has 1 amide bonds. The fraction of sp³-hybridized carbons (Fsp3) is 0.375. The average molecular weight is 302 g/mol. The molecule has 0 saturated carbocycles. The van der Waals surface area contributed by atoms with Crippen molar-refractivity contribution in [2.75, 3.05) is 10.6 Å². The first-order valence-electron chi connectivity index (χ1n) is 7.14. The minimum atomic E-state index is -0.516. The van der Waals surface area contributed by atoms with E-state index in [0.29, 0.717) is 12.2 Å². The lowest BCUT2D eigenvalue weighted by Gasteiger charge is -2.19. The van der Waals surface area contributed by atoms with E-state index < -0.39 is 11.7 Å². The zero-order chi connectivity index (χ0) is 16.2. The quantitative estimate of drug-likeness (QED) is 0.908. The fourth-order valence-corrected chi connectivity index (χ4v) is 1.88. The normalized spacial score (nSPS) is 11.1. The number of nitrogens with zero attached hydrogens (tertiary/aromatic N) is 2. The molecule has 0 aliphatic heterocycles. The van der Waals surface area contributed by atoms with Crippen LogP contribution < -0.4 is 10.6 Å². The Bertz CT molecular complexity index is 644. The zero-order valence-electron chi connectivity index (χ0n) is 13.4. The summed E-state index contributed by atoms with van der Waals surface area (Å²) in [5.74, 6) is 0.936. The summed E-state index contributed by atoms with van der Waals surface area (Å²) in [4.78, 5) is 16.0. The van der Waals surface area contributed by atoms with E-state index in [4.69, 9.17) is 4.74 Å². The lowest BCUT2D eigenvalue weighted by molar-refractivity contribution is 0.0636. The number of imidazole rings is 1. The molecule has 1 heterocycles. The average Bonchev–Trinajstić information content (AvgIpc) is 2.80. The van der Waals surface area contributed by atoms with Crippen LogP contribution in [0, 0.1) is 0 Å². The lowest BCUT2D eigenvalue weighted by Crippen LogP contribution is -2.27. The summed E-state index contributed by atoms with van der Waals surface area (Å²) >= 11 is 0. The van der Waals surface area contributed by atoms with Crippen molar-refractivity contribution in [1.82, 2.24) is 9.55 Å². The van der Waals surface area contributed by atoms with Gasteiger partial charge in [0.15, 0.2) is 0 Å². The van der Waals surface area contributed by atoms with Crippen LogP contribution in [0.2, 0.25) is 0 Å². The summed E-state index contributed by atoms with van der Waals surface area (Å²) in [7, 11) is 1.95. The van der Waals surface area contributed by atoms with Gasteiger partial charge in [-0.2, -0.15) is 0 Å². The van der Waals surface area contributed by atoms with Gasteiger partial charge >= 0.3 is 6.09 Å². The van der Waals surface area contributed by atoms with Gasteiger partial charge in [0, 0.05) is 30.8 Å². The van der Waals surface area contributed by atoms with E-state index in [1.165, 1.54) is 0 Å². The SMILES string of the molecule is Cn1ccnc1CNc1cccc(NC(=O)OC(C)(C)C)c1. The molecule has 0 atom stereocenters. The second-order valence-electron chi connectivity index (χ2n) is 6.02. The summed E-state index contributed by atoms with van der Waals surface area (Å²) in [6, 6.07) is 7.47. The number of benzene rings is 1. The number of aromatic nitrogens is 2. The highest BCUT2D eigenvalue weighted by molar-refractivity contribution is 5.85. The Labute approximate surface area is 130 Å². The molecule has 0 aliphatic rings. The molecule has 0 fully saturated rings. The first-order chi connectivity index (χ1) is 10.3. The summed E-state index contributed by atoms with van der Waals surface area (Å²) in [6.45, 7) is 6.10. The van der Waals surface area contributed by atoms with Gasteiger partial charge in [-0.15, -0.1) is 0 Å². The first kappa shape index (κ1) is 15.9. The molecule has 2 N–H and O–H groups in total. The highest BCUT2D eigenvalue weighted by Crippen LogP contribution is 2.17. The number of carbonyl (C=O) groups is 1. The minimum absolute atomic E-state index is 0.464. The Morgan fingerprint density at radius 1 is 1.32 bits per heavy atom. The molecule has 2 aromatic rings. The maximum absolute atomic E-state index is 11.8. The van der Waals surface area contributed by atoms with Gasteiger partial charge in [-0.3, -0.25) is 5.32 Å². The number of amides is 1. The second-order valence-corrected chi connectivity index (χ2v) is 6.02. The molecule has 0 saturated heterocycles. The van der Waals surface area contributed by atoms with Crippen molar-refractivity contribution in [1.29, 1.82) is 0 Å². The van der Waals surface area contributed by atoms with Crippen LogP contribution in [-0.2, 0) is 18.3 Å². The molecule has 0 aliphatic carbocycles. The smallest absolute Gasteiger partial charge is 0.412 e. The Balaban J connectivity index is 1.95. The fourth-order valence-electron chi connectivity index (χ4n) is 1.88. The van der Waals surface area contributed by atoms with Gasteiger partial charge in [-0.05, 0) is 39.0 Å². The van der Waals surface area contributed by atoms with E-state index in [-0.39, 0.29) is 0 Å². The molecule has 118 valence electrons. The third-order valence-corrected chi connectivity index (χ3v) is 2.88. The molecule has 0 radical (unpaired) electrons. The predicted octanol–water partition coefficient (Wildman–Crippen LogP) is 3.38. The van der Waals surface area contributed by atoms with E-state index >= 15 is 0 Å². The van der Waals surface area contributed by atoms with Crippen molar-refractivity contribution in [3.05, 3.63) is 42.5 Å². The van der Waals surface area contributed by atoms with Crippen molar-refractivity contribution >= 4 is 17.5 Å². The molecule has 6 heteroatoms. The van der Waals surface area contributed by atoms with Crippen LogP contribution in [-0.4, -0.2) is 21.2 Å². The number of hydrogen-bond donors (Lipinski definition) is 2. The number of anilines is 2. The Morgan fingerprint density at radius 3 is 2.68 bits per heavy atom. The summed E-state index contributed by atoms with van der Waals surface area (Å²) in [5, 5.41) is 6.00. The van der Waals surface area contributed by atoms with Crippen LogP contribution in [0.3, 0.4) is 0 Å². The maximum atomic E-state index is 11.8. The number of aryl methyl sites for hydroxylation is 1. The Hall–Kier alpha value is -2.50. The first-order valence-corrected chi connectivity index (χ1v) is 7.14. The molecule has 22 heavy (non-hydrogen) atoms. The van der Waals surface area contributed by atoms with Gasteiger partial charge in [-0.1, -0.05) is 6.07 Å². The molecule has 6 nitrogen and oxygen atoms in total. The van der Waals surface area contributed by atoms with Crippen molar-refractivity contribution in [2.45, 2.75) is 32.9 Å². The molecular formula is C16H22N4O2. The highest BCUT2D eigenvalue weighted by Gasteiger charge is 2.16.